The predicted octanol–water partition coefficient (Wildman–Crippen LogP) is 5.03. The Balaban J connectivity index is 1.93. The summed E-state index contributed by atoms with van der Waals surface area (Å²) in [5.74, 6) is -0.968. The number of carbonyl (C=O) groups excluding carboxylic acids is 2. The molecule has 1 amide bonds. The smallest absolute Gasteiger partial charge is 0.409 e. The van der Waals surface area contributed by atoms with E-state index >= 15 is 0 Å². The highest BCUT2D eigenvalue weighted by Gasteiger charge is 2.43. The van der Waals surface area contributed by atoms with Gasteiger partial charge in [0.2, 0.25) is 0 Å². The Morgan fingerprint density at radius 1 is 1.15 bits per heavy atom. The number of nitrogens with zero attached hydrogens (tertiary/aromatic N) is 1. The molecule has 0 saturated carbocycles. The van der Waals surface area contributed by atoms with Crippen molar-refractivity contribution in [2.75, 3.05) is 26.5 Å². The lowest BCUT2D eigenvalue weighted by molar-refractivity contribution is -0.157. The molecule has 34 heavy (non-hydrogen) atoms. The number of amides is 1. The molecule has 1 aromatic carbocycles. The molecular weight excluding hydrogens is 454 g/mol. The first-order valence-electron chi connectivity index (χ1n) is 11.3. The first kappa shape index (κ1) is 25.9. The number of likely N-dealkylation sites (tertiary alicyclic amines) is 1. The summed E-state index contributed by atoms with van der Waals surface area (Å²) in [4.78, 5) is 40.1. The van der Waals surface area contributed by atoms with E-state index in [2.05, 4.69) is 0 Å². The summed E-state index contributed by atoms with van der Waals surface area (Å²) < 4.78 is 10.8. The van der Waals surface area contributed by atoms with Gasteiger partial charge < -0.3 is 19.5 Å². The molecule has 0 bridgehead atoms. The van der Waals surface area contributed by atoms with E-state index in [9.17, 15) is 19.5 Å². The normalized spacial score (nSPS) is 22.9. The van der Waals surface area contributed by atoms with E-state index < -0.39 is 17.7 Å². The number of carboxylic acids is 1. The van der Waals surface area contributed by atoms with Crippen molar-refractivity contribution in [1.82, 2.24) is 4.90 Å². The Morgan fingerprint density at radius 2 is 1.79 bits per heavy atom. The minimum Gasteiger partial charge on any atom is -0.480 e. The second-order valence-corrected chi connectivity index (χ2v) is 10.3. The lowest BCUT2D eigenvalue weighted by atomic mass is 9.77. The van der Waals surface area contributed by atoms with E-state index in [0.717, 1.165) is 16.0 Å². The standard InChI is InChI=1S/C26H33NO6S/c1-15-11-18(12-16(2)23(15)33-26(3,4)24(29)30)20-13-27(25(31)32-5)14-21(20)22(28)17-7-9-19(34-6)10-8-17/h7-11,16,20-21H,12-14H2,1-6H3,(H,29,30)/t16?,20-,21+/m1/s1. The van der Waals surface area contributed by atoms with Gasteiger partial charge in [0.1, 0.15) is 5.76 Å². The van der Waals surface area contributed by atoms with Crippen LogP contribution in [0.5, 0.6) is 0 Å². The number of methoxy groups -OCH3 is 1. The van der Waals surface area contributed by atoms with Crippen LogP contribution in [0.15, 0.2) is 52.1 Å². The first-order valence-corrected chi connectivity index (χ1v) is 12.6. The number of Topliss-reactive ketones (excluding diaryl/α,β-unsaturated/α-hetero) is 1. The second kappa shape index (κ2) is 10.3. The van der Waals surface area contributed by atoms with Crippen LogP contribution in [0.4, 0.5) is 4.79 Å². The maximum Gasteiger partial charge on any atom is 0.409 e. The number of benzene rings is 1. The van der Waals surface area contributed by atoms with Gasteiger partial charge in [-0.3, -0.25) is 4.79 Å². The van der Waals surface area contributed by atoms with E-state index in [1.807, 2.05) is 50.4 Å². The van der Waals surface area contributed by atoms with Gasteiger partial charge in [-0.25, -0.2) is 9.59 Å². The second-order valence-electron chi connectivity index (χ2n) is 9.47. The molecule has 7 nitrogen and oxygen atoms in total. The lowest BCUT2D eigenvalue weighted by Crippen LogP contribution is -2.36. The van der Waals surface area contributed by atoms with Crippen LogP contribution in [0.2, 0.25) is 0 Å². The fraction of sp³-hybridized carbons (Fsp3) is 0.500. The molecule has 1 N–H and O–H groups in total. The van der Waals surface area contributed by atoms with Crippen LogP contribution in [0.1, 0.15) is 44.5 Å². The molecule has 3 rings (SSSR count). The molecule has 3 atom stereocenters. The van der Waals surface area contributed by atoms with Gasteiger partial charge in [-0.2, -0.15) is 0 Å². The number of hydrogen-bond acceptors (Lipinski definition) is 6. The Kier molecular flexibility index (Phi) is 7.81. The summed E-state index contributed by atoms with van der Waals surface area (Å²) in [6, 6.07) is 7.55. The highest BCUT2D eigenvalue weighted by Crippen LogP contribution is 2.41. The molecule has 184 valence electrons. The Labute approximate surface area is 205 Å². The van der Waals surface area contributed by atoms with Gasteiger partial charge in [-0.05, 0) is 51.2 Å². The molecule has 8 heteroatoms. The monoisotopic (exact) mass is 487 g/mol. The third-order valence-electron chi connectivity index (χ3n) is 6.60. The average molecular weight is 488 g/mol. The van der Waals surface area contributed by atoms with Crippen molar-refractivity contribution in [3.05, 3.63) is 52.8 Å². The minimum atomic E-state index is -1.34. The third kappa shape index (κ3) is 5.32. The summed E-state index contributed by atoms with van der Waals surface area (Å²) in [7, 11) is 1.34. The van der Waals surface area contributed by atoms with Crippen LogP contribution in [-0.2, 0) is 14.3 Å². The Morgan fingerprint density at radius 3 is 2.32 bits per heavy atom. The summed E-state index contributed by atoms with van der Waals surface area (Å²) in [5, 5.41) is 9.46. The van der Waals surface area contributed by atoms with Crippen LogP contribution in [0.25, 0.3) is 0 Å². The predicted molar refractivity (Wildman–Crippen MR) is 131 cm³/mol. The number of ether oxygens (including phenoxy) is 2. The summed E-state index contributed by atoms with van der Waals surface area (Å²) in [6.07, 6.45) is 4.16. The molecule has 1 saturated heterocycles. The van der Waals surface area contributed by atoms with Gasteiger partial charge in [-0.1, -0.05) is 30.7 Å². The lowest BCUT2D eigenvalue weighted by Gasteiger charge is -2.33. The minimum absolute atomic E-state index is 0.00768. The SMILES string of the molecule is COC(=O)N1C[C@H](C(=O)c2ccc(SC)cc2)[C@@H](C2=CC(C)=C(OC(C)(C)C(=O)O)C(C)C2)C1. The van der Waals surface area contributed by atoms with Crippen LogP contribution in [0, 0.1) is 17.8 Å². The quantitative estimate of drug-likeness (QED) is 0.426. The molecule has 0 radical (unpaired) electrons. The molecule has 1 aliphatic heterocycles. The number of thioether (sulfide) groups is 1. The highest BCUT2D eigenvalue weighted by molar-refractivity contribution is 7.98. The topological polar surface area (TPSA) is 93.1 Å². The maximum absolute atomic E-state index is 13.5. The summed E-state index contributed by atoms with van der Waals surface area (Å²) >= 11 is 1.61. The first-order chi connectivity index (χ1) is 16.0. The number of allylic oxidation sites excluding steroid dienone is 3. The van der Waals surface area contributed by atoms with Crippen molar-refractivity contribution in [3.8, 4) is 0 Å². The van der Waals surface area contributed by atoms with Crippen molar-refractivity contribution in [2.24, 2.45) is 17.8 Å². The Hall–Kier alpha value is -2.74. The molecule has 1 aromatic rings. The zero-order valence-corrected chi connectivity index (χ0v) is 21.4. The van der Waals surface area contributed by atoms with Crippen LogP contribution < -0.4 is 0 Å². The van der Waals surface area contributed by atoms with E-state index in [0.29, 0.717) is 30.8 Å². The van der Waals surface area contributed by atoms with Gasteiger partial charge in [0.25, 0.3) is 0 Å². The van der Waals surface area contributed by atoms with Gasteiger partial charge in [0.15, 0.2) is 11.4 Å². The Bertz CT molecular complexity index is 1030. The fourth-order valence-electron chi connectivity index (χ4n) is 4.69. The summed E-state index contributed by atoms with van der Waals surface area (Å²) in [6.45, 7) is 7.65. The van der Waals surface area contributed by atoms with E-state index in [1.54, 1.807) is 16.7 Å². The van der Waals surface area contributed by atoms with Crippen LogP contribution in [0.3, 0.4) is 0 Å². The van der Waals surface area contributed by atoms with Crippen molar-refractivity contribution in [1.29, 1.82) is 0 Å². The summed E-state index contributed by atoms with van der Waals surface area (Å²) in [5.41, 5.74) is 1.20. The number of ketones is 1. The number of carbonyl (C=O) groups is 3. The van der Waals surface area contributed by atoms with E-state index in [4.69, 9.17) is 9.47 Å². The number of hydrogen-bond donors (Lipinski definition) is 1. The van der Waals surface area contributed by atoms with Gasteiger partial charge in [0, 0.05) is 41.3 Å². The molecule has 0 aromatic heterocycles. The molecular formula is C26H33NO6S. The maximum atomic E-state index is 13.5. The molecule has 1 unspecified atom stereocenters. The largest absolute Gasteiger partial charge is 0.480 e. The number of carboxylic acid groups (broad SMARTS) is 1. The van der Waals surface area contributed by atoms with Gasteiger partial charge in [-0.15, -0.1) is 11.8 Å². The fourth-order valence-corrected chi connectivity index (χ4v) is 5.10. The molecule has 1 heterocycles. The van der Waals surface area contributed by atoms with Crippen molar-refractivity contribution in [3.63, 3.8) is 0 Å². The van der Waals surface area contributed by atoms with E-state index in [1.165, 1.54) is 21.0 Å². The van der Waals surface area contributed by atoms with E-state index in [-0.39, 0.29) is 23.5 Å². The zero-order valence-electron chi connectivity index (χ0n) is 20.6. The molecule has 2 aliphatic rings. The van der Waals surface area contributed by atoms with Crippen LogP contribution >= 0.6 is 11.8 Å². The third-order valence-corrected chi connectivity index (χ3v) is 7.34. The van der Waals surface area contributed by atoms with Gasteiger partial charge in [0.05, 0.1) is 7.11 Å². The molecule has 1 aliphatic carbocycles. The number of aliphatic carboxylic acids is 1. The number of rotatable bonds is 7. The van der Waals surface area contributed by atoms with Crippen molar-refractivity contribution < 1.29 is 29.0 Å². The van der Waals surface area contributed by atoms with Crippen molar-refractivity contribution in [2.45, 2.75) is 44.6 Å². The van der Waals surface area contributed by atoms with Crippen LogP contribution in [-0.4, -0.2) is 59.9 Å². The zero-order chi connectivity index (χ0) is 25.2. The molecule has 0 spiro atoms. The van der Waals surface area contributed by atoms with Crippen molar-refractivity contribution >= 4 is 29.6 Å². The van der Waals surface area contributed by atoms with Gasteiger partial charge >= 0.3 is 12.1 Å². The highest BCUT2D eigenvalue weighted by atomic mass is 32.2. The molecule has 1 fully saturated rings. The average Bonchev–Trinajstić information content (AvgIpc) is 3.25.